The van der Waals surface area contributed by atoms with Crippen LogP contribution in [0.15, 0.2) is 0 Å². The summed E-state index contributed by atoms with van der Waals surface area (Å²) in [6.45, 7) is 10.1. The monoisotopic (exact) mass is 201 g/mol. The van der Waals surface area contributed by atoms with Gasteiger partial charge in [0, 0.05) is 19.0 Å². The van der Waals surface area contributed by atoms with E-state index in [4.69, 9.17) is 5.84 Å². The van der Waals surface area contributed by atoms with Crippen LogP contribution in [-0.2, 0) is 4.79 Å². The smallest absolute Gasteiger partial charge is 0.237 e. The standard InChI is InChI=1S/C10H23N3O/c1-8(9(14)12-11)6-13(5)7-10(2,3)4/h8H,6-7,11H2,1-5H3,(H,12,14). The number of nitrogens with zero attached hydrogens (tertiary/aromatic N) is 1. The molecule has 4 nitrogen and oxygen atoms in total. The number of carbonyl (C=O) groups is 1. The summed E-state index contributed by atoms with van der Waals surface area (Å²) in [6.07, 6.45) is 0. The number of carbonyl (C=O) groups excluding carboxylic acids is 1. The fraction of sp³-hybridized carbons (Fsp3) is 0.900. The lowest BCUT2D eigenvalue weighted by Crippen LogP contribution is -2.41. The highest BCUT2D eigenvalue weighted by Gasteiger charge is 2.18. The summed E-state index contributed by atoms with van der Waals surface area (Å²) in [4.78, 5) is 13.3. The van der Waals surface area contributed by atoms with Crippen molar-refractivity contribution in [2.45, 2.75) is 27.7 Å². The zero-order valence-electron chi connectivity index (χ0n) is 9.92. The molecule has 4 heteroatoms. The molecule has 0 aliphatic heterocycles. The average Bonchev–Trinajstić information content (AvgIpc) is 1.99. The number of nitrogens with two attached hydrogens (primary N) is 1. The first kappa shape index (κ1) is 13.4. The van der Waals surface area contributed by atoms with Crippen LogP contribution in [0.5, 0.6) is 0 Å². The van der Waals surface area contributed by atoms with Crippen molar-refractivity contribution >= 4 is 5.91 Å². The maximum atomic E-state index is 11.2. The highest BCUT2D eigenvalue weighted by Crippen LogP contribution is 2.14. The van der Waals surface area contributed by atoms with Crippen LogP contribution in [0.2, 0.25) is 0 Å². The number of rotatable bonds is 4. The van der Waals surface area contributed by atoms with Crippen molar-refractivity contribution in [1.82, 2.24) is 10.3 Å². The van der Waals surface area contributed by atoms with Crippen molar-refractivity contribution in [2.75, 3.05) is 20.1 Å². The Balaban J connectivity index is 3.94. The molecule has 0 aromatic rings. The Labute approximate surface area is 86.8 Å². The molecule has 0 aliphatic rings. The van der Waals surface area contributed by atoms with E-state index in [1.165, 1.54) is 0 Å². The quantitative estimate of drug-likeness (QED) is 0.397. The lowest BCUT2D eigenvalue weighted by molar-refractivity contribution is -0.125. The van der Waals surface area contributed by atoms with Crippen LogP contribution >= 0.6 is 0 Å². The maximum absolute atomic E-state index is 11.2. The lowest BCUT2D eigenvalue weighted by Gasteiger charge is -2.28. The van der Waals surface area contributed by atoms with Gasteiger partial charge in [-0.1, -0.05) is 27.7 Å². The number of hydrogen-bond donors (Lipinski definition) is 2. The maximum Gasteiger partial charge on any atom is 0.237 e. The van der Waals surface area contributed by atoms with Gasteiger partial charge in [-0.15, -0.1) is 0 Å². The molecule has 0 aliphatic carbocycles. The van der Waals surface area contributed by atoms with Gasteiger partial charge in [-0.25, -0.2) is 5.84 Å². The summed E-state index contributed by atoms with van der Waals surface area (Å²) in [7, 11) is 2.02. The second-order valence-electron chi connectivity index (χ2n) is 5.17. The SMILES string of the molecule is CC(CN(C)CC(C)(C)C)C(=O)NN. The molecule has 84 valence electrons. The Kier molecular flexibility index (Phi) is 5.08. The Morgan fingerprint density at radius 2 is 2.00 bits per heavy atom. The van der Waals surface area contributed by atoms with Gasteiger partial charge in [0.2, 0.25) is 5.91 Å². The van der Waals surface area contributed by atoms with Crippen molar-refractivity contribution in [3.05, 3.63) is 0 Å². The number of hydrazine groups is 1. The molecule has 1 unspecified atom stereocenters. The van der Waals surface area contributed by atoms with Gasteiger partial charge in [-0.2, -0.15) is 0 Å². The van der Waals surface area contributed by atoms with Crippen LogP contribution in [0, 0.1) is 11.3 Å². The van der Waals surface area contributed by atoms with Gasteiger partial charge < -0.3 is 4.90 Å². The predicted octanol–water partition coefficient (Wildman–Crippen LogP) is 0.590. The third-order valence-corrected chi connectivity index (χ3v) is 1.92. The van der Waals surface area contributed by atoms with Crippen molar-refractivity contribution < 1.29 is 4.79 Å². The lowest BCUT2D eigenvalue weighted by atomic mass is 9.96. The van der Waals surface area contributed by atoms with E-state index in [0.717, 1.165) is 13.1 Å². The second-order valence-corrected chi connectivity index (χ2v) is 5.17. The fourth-order valence-electron chi connectivity index (χ4n) is 1.57. The molecule has 1 atom stereocenters. The topological polar surface area (TPSA) is 58.4 Å². The van der Waals surface area contributed by atoms with Crippen LogP contribution in [-0.4, -0.2) is 30.9 Å². The first-order chi connectivity index (χ1) is 6.26. The van der Waals surface area contributed by atoms with Crippen molar-refractivity contribution in [1.29, 1.82) is 0 Å². The van der Waals surface area contributed by atoms with Crippen molar-refractivity contribution in [3.63, 3.8) is 0 Å². The van der Waals surface area contributed by atoms with Gasteiger partial charge >= 0.3 is 0 Å². The normalized spacial score (nSPS) is 14.2. The van der Waals surface area contributed by atoms with Gasteiger partial charge in [0.15, 0.2) is 0 Å². The molecule has 0 aromatic carbocycles. The summed E-state index contributed by atoms with van der Waals surface area (Å²) in [5.74, 6) is 4.89. The summed E-state index contributed by atoms with van der Waals surface area (Å²) < 4.78 is 0. The molecule has 0 radical (unpaired) electrons. The summed E-state index contributed by atoms with van der Waals surface area (Å²) in [6, 6.07) is 0. The fourth-order valence-corrected chi connectivity index (χ4v) is 1.57. The minimum atomic E-state index is -0.106. The third-order valence-electron chi connectivity index (χ3n) is 1.92. The van der Waals surface area contributed by atoms with Crippen LogP contribution in [0.4, 0.5) is 0 Å². The molecule has 1 amide bonds. The minimum absolute atomic E-state index is 0.0626. The largest absolute Gasteiger partial charge is 0.305 e. The summed E-state index contributed by atoms with van der Waals surface area (Å²) in [5.41, 5.74) is 2.42. The van der Waals surface area contributed by atoms with Crippen molar-refractivity contribution in [2.24, 2.45) is 17.2 Å². The Hall–Kier alpha value is -0.610. The first-order valence-electron chi connectivity index (χ1n) is 4.95. The van der Waals surface area contributed by atoms with Gasteiger partial charge in [0.25, 0.3) is 0 Å². The Bertz CT molecular complexity index is 186. The molecule has 0 heterocycles. The van der Waals surface area contributed by atoms with Gasteiger partial charge in [-0.3, -0.25) is 10.2 Å². The van der Waals surface area contributed by atoms with Crippen molar-refractivity contribution in [3.8, 4) is 0 Å². The Morgan fingerprint density at radius 1 is 1.50 bits per heavy atom. The molecule has 3 N–H and O–H groups in total. The molecule has 0 saturated heterocycles. The van der Waals surface area contributed by atoms with Crippen LogP contribution in [0.25, 0.3) is 0 Å². The third kappa shape index (κ3) is 5.94. The molecular formula is C10H23N3O. The van der Waals surface area contributed by atoms with E-state index in [2.05, 4.69) is 31.1 Å². The molecule has 14 heavy (non-hydrogen) atoms. The molecule has 0 fully saturated rings. The molecule has 0 rings (SSSR count). The van der Waals surface area contributed by atoms with E-state index in [1.807, 2.05) is 14.0 Å². The molecular weight excluding hydrogens is 178 g/mol. The highest BCUT2D eigenvalue weighted by atomic mass is 16.2. The van der Waals surface area contributed by atoms with E-state index < -0.39 is 0 Å². The van der Waals surface area contributed by atoms with Gasteiger partial charge in [0.05, 0.1) is 0 Å². The van der Waals surface area contributed by atoms with E-state index in [0.29, 0.717) is 0 Å². The molecule has 0 saturated carbocycles. The number of amides is 1. The van der Waals surface area contributed by atoms with E-state index in [1.54, 1.807) is 0 Å². The van der Waals surface area contributed by atoms with E-state index in [9.17, 15) is 4.79 Å². The zero-order chi connectivity index (χ0) is 11.4. The summed E-state index contributed by atoms with van der Waals surface area (Å²) >= 11 is 0. The van der Waals surface area contributed by atoms with E-state index in [-0.39, 0.29) is 17.2 Å². The predicted molar refractivity (Wildman–Crippen MR) is 58.4 cm³/mol. The molecule has 0 spiro atoms. The minimum Gasteiger partial charge on any atom is -0.305 e. The van der Waals surface area contributed by atoms with Gasteiger partial charge in [0.1, 0.15) is 0 Å². The average molecular weight is 201 g/mol. The zero-order valence-corrected chi connectivity index (χ0v) is 9.92. The molecule has 0 aromatic heterocycles. The highest BCUT2D eigenvalue weighted by molar-refractivity contribution is 5.77. The van der Waals surface area contributed by atoms with Crippen LogP contribution in [0.1, 0.15) is 27.7 Å². The van der Waals surface area contributed by atoms with Crippen LogP contribution < -0.4 is 11.3 Å². The number of hydrogen-bond acceptors (Lipinski definition) is 3. The number of nitrogens with one attached hydrogen (secondary N) is 1. The van der Waals surface area contributed by atoms with Gasteiger partial charge in [-0.05, 0) is 12.5 Å². The van der Waals surface area contributed by atoms with Crippen LogP contribution in [0.3, 0.4) is 0 Å². The second kappa shape index (κ2) is 5.32. The molecule has 0 bridgehead atoms. The Morgan fingerprint density at radius 3 is 2.36 bits per heavy atom. The first-order valence-corrected chi connectivity index (χ1v) is 4.95. The summed E-state index contributed by atoms with van der Waals surface area (Å²) in [5, 5.41) is 0. The van der Waals surface area contributed by atoms with E-state index >= 15 is 0 Å².